The molecule has 30 heavy (non-hydrogen) atoms. The summed E-state index contributed by atoms with van der Waals surface area (Å²) in [5, 5.41) is 5.98. The number of para-hydroxylation sites is 2. The number of methoxy groups -OCH3 is 1. The summed E-state index contributed by atoms with van der Waals surface area (Å²) < 4.78 is 5.29. The molecule has 0 atom stereocenters. The van der Waals surface area contributed by atoms with Crippen molar-refractivity contribution >= 4 is 17.5 Å². The van der Waals surface area contributed by atoms with Crippen molar-refractivity contribution in [1.82, 2.24) is 10.2 Å². The first-order valence-corrected chi connectivity index (χ1v) is 10.6. The Bertz CT molecular complexity index is 817. The van der Waals surface area contributed by atoms with Gasteiger partial charge in [0.1, 0.15) is 5.75 Å². The van der Waals surface area contributed by atoms with Gasteiger partial charge in [0.05, 0.1) is 19.3 Å². The second-order valence-electron chi connectivity index (χ2n) is 7.68. The van der Waals surface area contributed by atoms with E-state index in [9.17, 15) is 9.59 Å². The molecule has 1 fully saturated rings. The first kappa shape index (κ1) is 21.8. The monoisotopic (exact) mass is 409 g/mol. The fraction of sp³-hybridized carbons (Fsp3) is 0.417. The SMILES string of the molecule is COc1ccccc1NC(=O)C1CCN(CC(=O)NCCCc2ccccc2)CC1. The number of hydrogen-bond acceptors (Lipinski definition) is 4. The average molecular weight is 410 g/mol. The van der Waals surface area contributed by atoms with Gasteiger partial charge in [-0.2, -0.15) is 0 Å². The van der Waals surface area contributed by atoms with E-state index in [2.05, 4.69) is 27.7 Å². The molecule has 160 valence electrons. The number of ether oxygens (including phenoxy) is 1. The molecule has 2 aromatic rings. The maximum Gasteiger partial charge on any atom is 0.234 e. The maximum absolute atomic E-state index is 12.6. The summed E-state index contributed by atoms with van der Waals surface area (Å²) >= 11 is 0. The van der Waals surface area contributed by atoms with Crippen LogP contribution in [0.5, 0.6) is 5.75 Å². The average Bonchev–Trinajstić information content (AvgIpc) is 2.78. The number of nitrogens with zero attached hydrogens (tertiary/aromatic N) is 1. The highest BCUT2D eigenvalue weighted by molar-refractivity contribution is 5.94. The van der Waals surface area contributed by atoms with E-state index in [-0.39, 0.29) is 17.7 Å². The van der Waals surface area contributed by atoms with Crippen LogP contribution >= 0.6 is 0 Å². The zero-order valence-corrected chi connectivity index (χ0v) is 17.6. The highest BCUT2D eigenvalue weighted by Gasteiger charge is 2.26. The molecule has 2 aromatic carbocycles. The van der Waals surface area contributed by atoms with Crippen LogP contribution in [0.1, 0.15) is 24.8 Å². The summed E-state index contributed by atoms with van der Waals surface area (Å²) in [5.41, 5.74) is 1.99. The third-order valence-corrected chi connectivity index (χ3v) is 5.50. The van der Waals surface area contributed by atoms with Crippen molar-refractivity contribution in [2.24, 2.45) is 5.92 Å². The number of benzene rings is 2. The largest absolute Gasteiger partial charge is 0.495 e. The van der Waals surface area contributed by atoms with Gasteiger partial charge in [0.15, 0.2) is 0 Å². The maximum atomic E-state index is 12.6. The van der Waals surface area contributed by atoms with Crippen LogP contribution in [0.25, 0.3) is 0 Å². The van der Waals surface area contributed by atoms with Gasteiger partial charge in [0.25, 0.3) is 0 Å². The Hall–Kier alpha value is -2.86. The van der Waals surface area contributed by atoms with E-state index in [1.54, 1.807) is 7.11 Å². The second kappa shape index (κ2) is 11.4. The highest BCUT2D eigenvalue weighted by atomic mass is 16.5. The van der Waals surface area contributed by atoms with E-state index in [1.165, 1.54) is 5.56 Å². The van der Waals surface area contributed by atoms with Gasteiger partial charge in [-0.3, -0.25) is 14.5 Å². The lowest BCUT2D eigenvalue weighted by atomic mass is 9.95. The fourth-order valence-corrected chi connectivity index (χ4v) is 3.76. The Morgan fingerprint density at radius 2 is 1.73 bits per heavy atom. The van der Waals surface area contributed by atoms with Crippen LogP contribution in [0.3, 0.4) is 0 Å². The van der Waals surface area contributed by atoms with Crippen molar-refractivity contribution < 1.29 is 14.3 Å². The molecule has 0 aliphatic carbocycles. The van der Waals surface area contributed by atoms with Gasteiger partial charge < -0.3 is 15.4 Å². The molecular weight excluding hydrogens is 378 g/mol. The van der Waals surface area contributed by atoms with Gasteiger partial charge in [0.2, 0.25) is 11.8 Å². The molecule has 6 nitrogen and oxygen atoms in total. The molecule has 2 amide bonds. The normalized spacial score (nSPS) is 14.8. The molecule has 1 saturated heterocycles. The highest BCUT2D eigenvalue weighted by Crippen LogP contribution is 2.25. The van der Waals surface area contributed by atoms with Gasteiger partial charge in [-0.25, -0.2) is 0 Å². The van der Waals surface area contributed by atoms with Gasteiger partial charge in [-0.1, -0.05) is 42.5 Å². The topological polar surface area (TPSA) is 70.7 Å². The lowest BCUT2D eigenvalue weighted by Crippen LogP contribution is -2.43. The minimum Gasteiger partial charge on any atom is -0.495 e. The molecule has 0 bridgehead atoms. The number of rotatable bonds is 9. The molecule has 0 aromatic heterocycles. The lowest BCUT2D eigenvalue weighted by molar-refractivity contribution is -0.123. The van der Waals surface area contributed by atoms with Crippen LogP contribution < -0.4 is 15.4 Å². The van der Waals surface area contributed by atoms with Crippen molar-refractivity contribution in [2.45, 2.75) is 25.7 Å². The number of hydrogen-bond donors (Lipinski definition) is 2. The number of aryl methyl sites for hydroxylation is 1. The zero-order chi connectivity index (χ0) is 21.2. The third kappa shape index (κ3) is 6.59. The Labute approximate surface area is 178 Å². The first-order valence-electron chi connectivity index (χ1n) is 10.6. The van der Waals surface area contributed by atoms with E-state index in [4.69, 9.17) is 4.74 Å². The minimum atomic E-state index is -0.0416. The molecule has 1 aliphatic rings. The molecule has 0 radical (unpaired) electrons. The lowest BCUT2D eigenvalue weighted by Gasteiger charge is -2.30. The quantitative estimate of drug-likeness (QED) is 0.625. The molecule has 6 heteroatoms. The predicted molar refractivity (Wildman–Crippen MR) is 119 cm³/mol. The first-order chi connectivity index (χ1) is 14.7. The Balaban J connectivity index is 1.33. The van der Waals surface area contributed by atoms with Gasteiger partial charge in [-0.05, 0) is 56.5 Å². The molecule has 1 heterocycles. The molecule has 0 spiro atoms. The Morgan fingerprint density at radius 1 is 1.03 bits per heavy atom. The van der Waals surface area contributed by atoms with Gasteiger partial charge in [0, 0.05) is 12.5 Å². The second-order valence-corrected chi connectivity index (χ2v) is 7.68. The summed E-state index contributed by atoms with van der Waals surface area (Å²) in [5.74, 6) is 0.691. The van der Waals surface area contributed by atoms with E-state index >= 15 is 0 Å². The molecule has 0 saturated carbocycles. The van der Waals surface area contributed by atoms with Crippen LogP contribution in [0.4, 0.5) is 5.69 Å². The number of carbonyl (C=O) groups excluding carboxylic acids is 2. The Kier molecular flexibility index (Phi) is 8.27. The van der Waals surface area contributed by atoms with Gasteiger partial charge in [-0.15, -0.1) is 0 Å². The minimum absolute atomic E-state index is 0.0181. The van der Waals surface area contributed by atoms with Crippen LogP contribution in [-0.2, 0) is 16.0 Å². The van der Waals surface area contributed by atoms with Crippen molar-refractivity contribution in [3.63, 3.8) is 0 Å². The van der Waals surface area contributed by atoms with Crippen molar-refractivity contribution in [3.8, 4) is 5.75 Å². The molecular formula is C24H31N3O3. The van der Waals surface area contributed by atoms with Crippen LogP contribution in [0.15, 0.2) is 54.6 Å². The summed E-state index contributed by atoms with van der Waals surface area (Å²) in [4.78, 5) is 26.9. The number of carbonyl (C=O) groups is 2. The summed E-state index contributed by atoms with van der Waals surface area (Å²) in [7, 11) is 1.59. The summed E-state index contributed by atoms with van der Waals surface area (Å²) in [6.07, 6.45) is 3.40. The van der Waals surface area contributed by atoms with Crippen LogP contribution in [-0.4, -0.2) is 50.0 Å². The van der Waals surface area contributed by atoms with Crippen molar-refractivity contribution in [3.05, 3.63) is 60.2 Å². The Morgan fingerprint density at radius 3 is 2.47 bits per heavy atom. The third-order valence-electron chi connectivity index (χ3n) is 5.50. The number of nitrogens with one attached hydrogen (secondary N) is 2. The number of anilines is 1. The molecule has 0 unspecified atom stereocenters. The van der Waals surface area contributed by atoms with E-state index in [0.29, 0.717) is 24.5 Å². The number of likely N-dealkylation sites (tertiary alicyclic amines) is 1. The van der Waals surface area contributed by atoms with E-state index < -0.39 is 0 Å². The molecule has 3 rings (SSSR count). The van der Waals surface area contributed by atoms with E-state index in [1.807, 2.05) is 42.5 Å². The van der Waals surface area contributed by atoms with E-state index in [0.717, 1.165) is 38.8 Å². The van der Waals surface area contributed by atoms with Crippen molar-refractivity contribution in [1.29, 1.82) is 0 Å². The molecule has 2 N–H and O–H groups in total. The predicted octanol–water partition coefficient (Wildman–Crippen LogP) is 3.09. The molecule has 1 aliphatic heterocycles. The van der Waals surface area contributed by atoms with Crippen molar-refractivity contribution in [2.75, 3.05) is 38.6 Å². The smallest absolute Gasteiger partial charge is 0.234 e. The summed E-state index contributed by atoms with van der Waals surface area (Å²) in [6.45, 7) is 2.58. The fourth-order valence-electron chi connectivity index (χ4n) is 3.76. The number of piperidine rings is 1. The number of amides is 2. The zero-order valence-electron chi connectivity index (χ0n) is 17.6. The van der Waals surface area contributed by atoms with Crippen LogP contribution in [0, 0.1) is 5.92 Å². The van der Waals surface area contributed by atoms with Crippen LogP contribution in [0.2, 0.25) is 0 Å². The summed E-state index contributed by atoms with van der Waals surface area (Å²) in [6, 6.07) is 17.7. The standard InChI is InChI=1S/C24H31N3O3/c1-30-22-12-6-5-11-21(22)26-24(29)20-13-16-27(17-14-20)18-23(28)25-15-7-10-19-8-3-2-4-9-19/h2-6,8-9,11-12,20H,7,10,13-18H2,1H3,(H,25,28)(H,26,29). The van der Waals surface area contributed by atoms with Gasteiger partial charge >= 0.3 is 0 Å².